The van der Waals surface area contributed by atoms with Gasteiger partial charge in [0.1, 0.15) is 0 Å². The number of piperidine rings is 1. The molecule has 2 rings (SSSR count). The van der Waals surface area contributed by atoms with E-state index >= 15 is 0 Å². The van der Waals surface area contributed by atoms with E-state index in [1.807, 2.05) is 0 Å². The van der Waals surface area contributed by atoms with Gasteiger partial charge >= 0.3 is 0 Å². The molecule has 106 valence electrons. The first-order chi connectivity index (χ1) is 8.78. The Bertz CT molecular complexity index is 231. The fourth-order valence-electron chi connectivity index (χ4n) is 4.01. The highest BCUT2D eigenvalue weighted by Crippen LogP contribution is 2.36. The van der Waals surface area contributed by atoms with Crippen molar-refractivity contribution in [3.05, 3.63) is 0 Å². The first kappa shape index (κ1) is 14.3. The largest absolute Gasteiger partial charge is 0.330 e. The number of nitrogens with zero attached hydrogens (tertiary/aromatic N) is 1. The van der Waals surface area contributed by atoms with E-state index in [9.17, 15) is 0 Å². The van der Waals surface area contributed by atoms with E-state index in [4.69, 9.17) is 5.73 Å². The van der Waals surface area contributed by atoms with Gasteiger partial charge < -0.3 is 10.6 Å². The van der Waals surface area contributed by atoms with E-state index in [1.165, 1.54) is 77.4 Å². The third-order valence-electron chi connectivity index (χ3n) is 5.34. The second-order valence-corrected chi connectivity index (χ2v) is 6.77. The number of rotatable bonds is 4. The SMILES string of the molecule is CCC1CCCN(CC2(CN)CCCCCC2)C1. The van der Waals surface area contributed by atoms with Gasteiger partial charge in [-0.15, -0.1) is 0 Å². The number of hydrogen-bond donors (Lipinski definition) is 1. The van der Waals surface area contributed by atoms with Gasteiger partial charge in [-0.2, -0.15) is 0 Å². The van der Waals surface area contributed by atoms with Crippen LogP contribution in [0.5, 0.6) is 0 Å². The topological polar surface area (TPSA) is 29.3 Å². The zero-order chi connectivity index (χ0) is 12.8. The molecule has 1 saturated heterocycles. The van der Waals surface area contributed by atoms with Gasteiger partial charge in [-0.25, -0.2) is 0 Å². The summed E-state index contributed by atoms with van der Waals surface area (Å²) in [5.41, 5.74) is 6.62. The Kier molecular flexibility index (Phi) is 5.50. The summed E-state index contributed by atoms with van der Waals surface area (Å²) in [5.74, 6) is 0.944. The lowest BCUT2D eigenvalue weighted by atomic mass is 9.79. The van der Waals surface area contributed by atoms with Crippen LogP contribution in [0.2, 0.25) is 0 Å². The Hall–Kier alpha value is -0.0800. The fourth-order valence-corrected chi connectivity index (χ4v) is 4.01. The van der Waals surface area contributed by atoms with Gasteiger partial charge in [-0.3, -0.25) is 0 Å². The smallest absolute Gasteiger partial charge is 0.00502 e. The van der Waals surface area contributed by atoms with Crippen LogP contribution in [-0.2, 0) is 0 Å². The molecule has 1 aliphatic carbocycles. The molecule has 2 nitrogen and oxygen atoms in total. The summed E-state index contributed by atoms with van der Waals surface area (Å²) in [6, 6.07) is 0. The van der Waals surface area contributed by atoms with Crippen molar-refractivity contribution in [1.82, 2.24) is 4.90 Å². The number of hydrogen-bond acceptors (Lipinski definition) is 2. The summed E-state index contributed by atoms with van der Waals surface area (Å²) in [4.78, 5) is 2.73. The molecule has 0 aromatic rings. The lowest BCUT2D eigenvalue weighted by Crippen LogP contribution is -2.46. The number of nitrogens with two attached hydrogens (primary N) is 1. The Morgan fingerprint density at radius 2 is 1.83 bits per heavy atom. The molecular formula is C16H32N2. The van der Waals surface area contributed by atoms with Crippen LogP contribution in [0.1, 0.15) is 64.7 Å². The molecular weight excluding hydrogens is 220 g/mol. The fraction of sp³-hybridized carbons (Fsp3) is 1.00. The zero-order valence-electron chi connectivity index (χ0n) is 12.3. The highest BCUT2D eigenvalue weighted by molar-refractivity contribution is 4.87. The Morgan fingerprint density at radius 1 is 1.11 bits per heavy atom. The summed E-state index contributed by atoms with van der Waals surface area (Å²) in [7, 11) is 0. The summed E-state index contributed by atoms with van der Waals surface area (Å²) in [5, 5.41) is 0. The van der Waals surface area contributed by atoms with Crippen molar-refractivity contribution in [3.8, 4) is 0 Å². The Labute approximate surface area is 113 Å². The number of likely N-dealkylation sites (tertiary alicyclic amines) is 1. The molecule has 1 aliphatic heterocycles. The standard InChI is InChI=1S/C16H32N2/c1-2-15-8-7-11-18(12-15)14-16(13-17)9-5-3-4-6-10-16/h15H,2-14,17H2,1H3. The first-order valence-corrected chi connectivity index (χ1v) is 8.20. The molecule has 0 amide bonds. The van der Waals surface area contributed by atoms with Gasteiger partial charge in [-0.05, 0) is 50.1 Å². The maximum Gasteiger partial charge on any atom is 0.00502 e. The van der Waals surface area contributed by atoms with Crippen LogP contribution in [0.25, 0.3) is 0 Å². The second-order valence-electron chi connectivity index (χ2n) is 6.77. The molecule has 1 unspecified atom stereocenters. The second kappa shape index (κ2) is 6.91. The third-order valence-corrected chi connectivity index (χ3v) is 5.34. The van der Waals surface area contributed by atoms with Gasteiger partial charge in [0.05, 0.1) is 0 Å². The van der Waals surface area contributed by atoms with Gasteiger partial charge in [0, 0.05) is 13.1 Å². The maximum atomic E-state index is 6.17. The molecule has 0 spiro atoms. The molecule has 2 aliphatic rings. The molecule has 1 heterocycles. The van der Waals surface area contributed by atoms with Crippen molar-refractivity contribution >= 4 is 0 Å². The van der Waals surface area contributed by atoms with Gasteiger partial charge in [0.25, 0.3) is 0 Å². The highest BCUT2D eigenvalue weighted by atomic mass is 15.1. The monoisotopic (exact) mass is 252 g/mol. The van der Waals surface area contributed by atoms with Gasteiger partial charge in [-0.1, -0.05) is 39.0 Å². The average Bonchev–Trinajstić information content (AvgIpc) is 2.65. The molecule has 0 aromatic carbocycles. The van der Waals surface area contributed by atoms with Crippen LogP contribution in [0.15, 0.2) is 0 Å². The minimum atomic E-state index is 0.451. The molecule has 2 fully saturated rings. The van der Waals surface area contributed by atoms with E-state index in [-0.39, 0.29) is 0 Å². The van der Waals surface area contributed by atoms with Crippen LogP contribution in [-0.4, -0.2) is 31.1 Å². The van der Waals surface area contributed by atoms with Crippen LogP contribution in [0, 0.1) is 11.3 Å². The Balaban J connectivity index is 1.91. The van der Waals surface area contributed by atoms with Crippen molar-refractivity contribution in [3.63, 3.8) is 0 Å². The normalized spacial score (nSPS) is 30.0. The van der Waals surface area contributed by atoms with E-state index in [1.54, 1.807) is 0 Å². The quantitative estimate of drug-likeness (QED) is 0.777. The van der Waals surface area contributed by atoms with Crippen molar-refractivity contribution in [2.24, 2.45) is 17.1 Å². The van der Waals surface area contributed by atoms with Crippen molar-refractivity contribution in [1.29, 1.82) is 0 Å². The van der Waals surface area contributed by atoms with E-state index in [2.05, 4.69) is 11.8 Å². The molecule has 2 heteroatoms. The van der Waals surface area contributed by atoms with Crippen molar-refractivity contribution in [2.45, 2.75) is 64.7 Å². The molecule has 0 bridgehead atoms. The maximum absolute atomic E-state index is 6.17. The van der Waals surface area contributed by atoms with Crippen LogP contribution in [0.3, 0.4) is 0 Å². The molecule has 1 atom stereocenters. The molecule has 0 radical (unpaired) electrons. The predicted molar refractivity (Wildman–Crippen MR) is 78.6 cm³/mol. The average molecular weight is 252 g/mol. The lowest BCUT2D eigenvalue weighted by molar-refractivity contribution is 0.0937. The summed E-state index contributed by atoms with van der Waals surface area (Å²) in [6.07, 6.45) is 12.6. The van der Waals surface area contributed by atoms with E-state index < -0.39 is 0 Å². The van der Waals surface area contributed by atoms with Crippen LogP contribution in [0.4, 0.5) is 0 Å². The van der Waals surface area contributed by atoms with E-state index in [0.717, 1.165) is 12.5 Å². The van der Waals surface area contributed by atoms with Crippen LogP contribution < -0.4 is 5.73 Å². The first-order valence-electron chi connectivity index (χ1n) is 8.20. The predicted octanol–water partition coefficient (Wildman–Crippen LogP) is 3.41. The zero-order valence-corrected chi connectivity index (χ0v) is 12.3. The Morgan fingerprint density at radius 3 is 2.44 bits per heavy atom. The highest BCUT2D eigenvalue weighted by Gasteiger charge is 2.32. The van der Waals surface area contributed by atoms with Gasteiger partial charge in [0.15, 0.2) is 0 Å². The summed E-state index contributed by atoms with van der Waals surface area (Å²) >= 11 is 0. The summed E-state index contributed by atoms with van der Waals surface area (Å²) in [6.45, 7) is 7.18. The lowest BCUT2D eigenvalue weighted by Gasteiger charge is -2.40. The van der Waals surface area contributed by atoms with Crippen LogP contribution >= 0.6 is 0 Å². The van der Waals surface area contributed by atoms with Crippen molar-refractivity contribution in [2.75, 3.05) is 26.2 Å². The van der Waals surface area contributed by atoms with E-state index in [0.29, 0.717) is 5.41 Å². The molecule has 0 aromatic heterocycles. The van der Waals surface area contributed by atoms with Gasteiger partial charge in [0.2, 0.25) is 0 Å². The third kappa shape index (κ3) is 3.71. The minimum absolute atomic E-state index is 0.451. The summed E-state index contributed by atoms with van der Waals surface area (Å²) < 4.78 is 0. The minimum Gasteiger partial charge on any atom is -0.330 e. The molecule has 2 N–H and O–H groups in total. The molecule has 18 heavy (non-hydrogen) atoms. The molecule has 1 saturated carbocycles. The van der Waals surface area contributed by atoms with Crippen molar-refractivity contribution < 1.29 is 0 Å².